The number of nitrogens with zero attached hydrogens (tertiary/aromatic N) is 6. The third kappa shape index (κ3) is 2.80. The summed E-state index contributed by atoms with van der Waals surface area (Å²) in [6, 6.07) is 6.60. The molecular formula is C18H15FN6. The van der Waals surface area contributed by atoms with Crippen LogP contribution in [0.2, 0.25) is 0 Å². The first-order chi connectivity index (χ1) is 12.3. The molecule has 0 spiro atoms. The Kier molecular flexibility index (Phi) is 3.81. The first kappa shape index (κ1) is 15.2. The summed E-state index contributed by atoms with van der Waals surface area (Å²) in [5.74, 6) is 0.908. The van der Waals surface area contributed by atoms with E-state index in [-0.39, 0.29) is 0 Å². The molecule has 0 saturated carbocycles. The van der Waals surface area contributed by atoms with Gasteiger partial charge in [-0.05, 0) is 18.2 Å². The van der Waals surface area contributed by atoms with Crippen LogP contribution in [0.3, 0.4) is 0 Å². The van der Waals surface area contributed by atoms with E-state index in [1.165, 1.54) is 6.07 Å². The Morgan fingerprint density at radius 3 is 2.92 bits per heavy atom. The average Bonchev–Trinajstić information content (AvgIpc) is 3.21. The Hall–Kier alpha value is -3.35. The molecule has 4 aromatic heterocycles. The summed E-state index contributed by atoms with van der Waals surface area (Å²) < 4.78 is 17.4. The highest BCUT2D eigenvalue weighted by Gasteiger charge is 2.14. The quantitative estimate of drug-likeness (QED) is 0.416. The van der Waals surface area contributed by atoms with Gasteiger partial charge in [0.1, 0.15) is 17.0 Å². The molecule has 7 heteroatoms. The summed E-state index contributed by atoms with van der Waals surface area (Å²) in [7, 11) is 0. The molecule has 0 N–H and O–H groups in total. The third-order valence-corrected chi connectivity index (χ3v) is 3.91. The van der Waals surface area contributed by atoms with Crippen LogP contribution < -0.4 is 0 Å². The molecule has 0 aliphatic rings. The Labute approximate surface area is 143 Å². The Bertz CT molecular complexity index is 1050. The fourth-order valence-corrected chi connectivity index (χ4v) is 2.84. The van der Waals surface area contributed by atoms with Gasteiger partial charge in [-0.1, -0.05) is 12.1 Å². The van der Waals surface area contributed by atoms with E-state index in [0.717, 1.165) is 16.9 Å². The molecule has 0 aliphatic heterocycles. The number of aromatic nitrogens is 6. The maximum Gasteiger partial charge on any atom is 0.213 e. The van der Waals surface area contributed by atoms with E-state index in [2.05, 4.69) is 31.1 Å². The van der Waals surface area contributed by atoms with E-state index < -0.39 is 5.95 Å². The number of hydrogen-bond donors (Lipinski definition) is 0. The standard InChI is InChI=1S/C18H15FN6/c1-2-9-25-15-6-7-20-11-14(15)23-17(25)12-24-10-8-21-18(24)13-4-3-5-16(19)22-13/h2-8,10-11H,1,9,12H2. The van der Waals surface area contributed by atoms with Crippen LogP contribution in [0, 0.1) is 5.95 Å². The SMILES string of the molecule is C=CCn1c(Cn2ccnc2-c2cccc(F)n2)nc2cnccc21. The van der Waals surface area contributed by atoms with Crippen molar-refractivity contribution >= 4 is 11.0 Å². The molecule has 0 saturated heterocycles. The number of allylic oxidation sites excluding steroid dienone is 1. The van der Waals surface area contributed by atoms with Crippen molar-refractivity contribution < 1.29 is 4.39 Å². The Morgan fingerprint density at radius 1 is 1.16 bits per heavy atom. The second-order valence-electron chi connectivity index (χ2n) is 5.52. The smallest absolute Gasteiger partial charge is 0.213 e. The van der Waals surface area contributed by atoms with E-state index in [1.807, 2.05) is 22.9 Å². The number of halogens is 1. The van der Waals surface area contributed by atoms with E-state index in [1.54, 1.807) is 30.7 Å². The van der Waals surface area contributed by atoms with Crippen molar-refractivity contribution in [3.05, 3.63) is 73.5 Å². The zero-order valence-electron chi connectivity index (χ0n) is 13.4. The summed E-state index contributed by atoms with van der Waals surface area (Å²) >= 11 is 0. The molecule has 0 atom stereocenters. The number of imidazole rings is 2. The molecule has 4 aromatic rings. The van der Waals surface area contributed by atoms with E-state index >= 15 is 0 Å². The van der Waals surface area contributed by atoms with E-state index in [0.29, 0.717) is 24.6 Å². The number of fused-ring (bicyclic) bond motifs is 1. The van der Waals surface area contributed by atoms with Crippen LogP contribution in [0.5, 0.6) is 0 Å². The lowest BCUT2D eigenvalue weighted by atomic mass is 10.3. The first-order valence-electron chi connectivity index (χ1n) is 7.80. The lowest BCUT2D eigenvalue weighted by molar-refractivity contribution is 0.584. The summed E-state index contributed by atoms with van der Waals surface area (Å²) in [5, 5.41) is 0. The highest BCUT2D eigenvalue weighted by molar-refractivity contribution is 5.74. The van der Waals surface area contributed by atoms with Crippen LogP contribution in [0.15, 0.2) is 61.7 Å². The largest absolute Gasteiger partial charge is 0.322 e. The molecule has 0 fully saturated rings. The summed E-state index contributed by atoms with van der Waals surface area (Å²) in [6.07, 6.45) is 8.81. The van der Waals surface area contributed by atoms with Gasteiger partial charge in [-0.15, -0.1) is 6.58 Å². The fourth-order valence-electron chi connectivity index (χ4n) is 2.84. The molecule has 25 heavy (non-hydrogen) atoms. The maximum atomic E-state index is 13.4. The second kappa shape index (κ2) is 6.27. The summed E-state index contributed by atoms with van der Waals surface area (Å²) in [4.78, 5) is 17.0. The lowest BCUT2D eigenvalue weighted by Gasteiger charge is -2.09. The highest BCUT2D eigenvalue weighted by atomic mass is 19.1. The minimum atomic E-state index is -0.531. The Morgan fingerprint density at radius 2 is 2.08 bits per heavy atom. The molecule has 0 aromatic carbocycles. The van der Waals surface area contributed by atoms with Gasteiger partial charge in [0.15, 0.2) is 5.82 Å². The molecule has 6 nitrogen and oxygen atoms in total. The average molecular weight is 334 g/mol. The molecule has 0 aliphatic carbocycles. The van der Waals surface area contributed by atoms with Crippen molar-refractivity contribution in [2.45, 2.75) is 13.1 Å². The van der Waals surface area contributed by atoms with Gasteiger partial charge in [0.05, 0.1) is 18.3 Å². The monoisotopic (exact) mass is 334 g/mol. The van der Waals surface area contributed by atoms with Crippen LogP contribution in [0.4, 0.5) is 4.39 Å². The molecule has 4 rings (SSSR count). The van der Waals surface area contributed by atoms with Gasteiger partial charge in [-0.2, -0.15) is 4.39 Å². The minimum absolute atomic E-state index is 0.482. The zero-order valence-corrected chi connectivity index (χ0v) is 13.4. The van der Waals surface area contributed by atoms with Crippen molar-refractivity contribution in [2.75, 3.05) is 0 Å². The van der Waals surface area contributed by atoms with Gasteiger partial charge in [0.25, 0.3) is 0 Å². The first-order valence-corrected chi connectivity index (χ1v) is 7.80. The maximum absolute atomic E-state index is 13.4. The second-order valence-corrected chi connectivity index (χ2v) is 5.52. The van der Waals surface area contributed by atoms with E-state index in [9.17, 15) is 4.39 Å². The number of hydrogen-bond acceptors (Lipinski definition) is 4. The minimum Gasteiger partial charge on any atom is -0.322 e. The number of pyridine rings is 2. The molecule has 0 radical (unpaired) electrons. The lowest BCUT2D eigenvalue weighted by Crippen LogP contribution is -2.09. The Balaban J connectivity index is 1.77. The fraction of sp³-hybridized carbons (Fsp3) is 0.111. The van der Waals surface area contributed by atoms with Crippen molar-refractivity contribution in [2.24, 2.45) is 0 Å². The van der Waals surface area contributed by atoms with Crippen molar-refractivity contribution in [1.82, 2.24) is 29.1 Å². The van der Waals surface area contributed by atoms with Crippen LogP contribution in [-0.4, -0.2) is 29.1 Å². The van der Waals surface area contributed by atoms with Crippen molar-refractivity contribution in [3.63, 3.8) is 0 Å². The predicted octanol–water partition coefficient (Wildman–Crippen LogP) is 3.06. The highest BCUT2D eigenvalue weighted by Crippen LogP contribution is 2.19. The zero-order chi connectivity index (χ0) is 17.2. The molecular weight excluding hydrogens is 319 g/mol. The molecule has 0 bridgehead atoms. The van der Waals surface area contributed by atoms with Gasteiger partial charge in [-0.3, -0.25) is 4.98 Å². The van der Waals surface area contributed by atoms with Gasteiger partial charge in [-0.25, -0.2) is 15.0 Å². The molecule has 0 unspecified atom stereocenters. The molecule has 0 amide bonds. The predicted molar refractivity (Wildman–Crippen MR) is 92.2 cm³/mol. The number of rotatable bonds is 5. The van der Waals surface area contributed by atoms with Crippen LogP contribution in [0.1, 0.15) is 5.82 Å². The topological polar surface area (TPSA) is 61.4 Å². The van der Waals surface area contributed by atoms with Crippen molar-refractivity contribution in [3.8, 4) is 11.5 Å². The van der Waals surface area contributed by atoms with E-state index in [4.69, 9.17) is 0 Å². The van der Waals surface area contributed by atoms with Crippen LogP contribution in [0.25, 0.3) is 22.6 Å². The van der Waals surface area contributed by atoms with Crippen LogP contribution in [-0.2, 0) is 13.1 Å². The normalized spacial score (nSPS) is 11.1. The summed E-state index contributed by atoms with van der Waals surface area (Å²) in [5.41, 5.74) is 2.30. The van der Waals surface area contributed by atoms with Gasteiger partial charge >= 0.3 is 0 Å². The van der Waals surface area contributed by atoms with Gasteiger partial charge in [0, 0.05) is 25.1 Å². The molecule has 124 valence electrons. The van der Waals surface area contributed by atoms with Crippen molar-refractivity contribution in [1.29, 1.82) is 0 Å². The summed E-state index contributed by atoms with van der Waals surface area (Å²) in [6.45, 7) is 4.94. The van der Waals surface area contributed by atoms with Crippen LogP contribution >= 0.6 is 0 Å². The van der Waals surface area contributed by atoms with Gasteiger partial charge in [0.2, 0.25) is 5.95 Å². The van der Waals surface area contributed by atoms with Gasteiger partial charge < -0.3 is 9.13 Å². The molecule has 4 heterocycles. The third-order valence-electron chi connectivity index (χ3n) is 3.91.